The smallest absolute Gasteiger partial charge is 0.326 e. The van der Waals surface area contributed by atoms with E-state index in [1.165, 1.54) is 15.5 Å². The maximum absolute atomic E-state index is 12.2. The maximum Gasteiger partial charge on any atom is 0.326 e. The second-order valence-electron chi connectivity index (χ2n) is 4.86. The Morgan fingerprint density at radius 1 is 1.40 bits per heavy atom. The molecule has 2 rings (SSSR count). The van der Waals surface area contributed by atoms with Crippen molar-refractivity contribution >= 4 is 11.9 Å². The van der Waals surface area contributed by atoms with Gasteiger partial charge in [-0.3, -0.25) is 9.59 Å². The summed E-state index contributed by atoms with van der Waals surface area (Å²) in [6.45, 7) is 1.78. The third kappa shape index (κ3) is 2.66. The van der Waals surface area contributed by atoms with E-state index in [9.17, 15) is 19.5 Å². The number of hydrogen-bond acceptors (Lipinski definition) is 4. The quantitative estimate of drug-likeness (QED) is 0.808. The van der Waals surface area contributed by atoms with Crippen LogP contribution in [0.1, 0.15) is 18.5 Å². The van der Waals surface area contributed by atoms with Gasteiger partial charge in [0.15, 0.2) is 0 Å². The van der Waals surface area contributed by atoms with Crippen molar-refractivity contribution in [2.45, 2.75) is 32.4 Å². The zero-order valence-electron chi connectivity index (χ0n) is 11.1. The molecule has 0 radical (unpaired) electrons. The Morgan fingerprint density at radius 2 is 2.10 bits per heavy atom. The molecule has 1 aliphatic heterocycles. The van der Waals surface area contributed by atoms with Gasteiger partial charge in [0.2, 0.25) is 5.91 Å². The number of pyridine rings is 1. The highest BCUT2D eigenvalue weighted by Crippen LogP contribution is 2.18. The first kappa shape index (κ1) is 14.1. The highest BCUT2D eigenvalue weighted by Gasteiger charge is 2.33. The molecule has 7 heteroatoms. The van der Waals surface area contributed by atoms with Gasteiger partial charge in [0, 0.05) is 18.3 Å². The zero-order chi connectivity index (χ0) is 14.9. The molecule has 0 aliphatic carbocycles. The van der Waals surface area contributed by atoms with Gasteiger partial charge in [0.05, 0.1) is 0 Å². The molecule has 1 amide bonds. The Hall–Kier alpha value is -2.31. The number of carboxylic acids is 1. The number of aromatic hydroxyl groups is 1. The van der Waals surface area contributed by atoms with E-state index < -0.39 is 23.5 Å². The SMILES string of the molecule is Cc1cc(O)cc(=O)n1CC(=O)N1CCCC1C(=O)O. The molecule has 2 heterocycles. The molecule has 1 saturated heterocycles. The predicted molar refractivity (Wildman–Crippen MR) is 69.5 cm³/mol. The van der Waals surface area contributed by atoms with Crippen molar-refractivity contribution in [3.05, 3.63) is 28.2 Å². The number of aryl methyl sites for hydroxylation is 1. The Balaban J connectivity index is 2.20. The minimum absolute atomic E-state index is 0.152. The number of rotatable bonds is 3. The monoisotopic (exact) mass is 280 g/mol. The van der Waals surface area contributed by atoms with Crippen LogP contribution in [-0.4, -0.2) is 44.1 Å². The molecular formula is C13H16N2O5. The summed E-state index contributed by atoms with van der Waals surface area (Å²) in [5, 5.41) is 18.3. The Labute approximate surface area is 115 Å². The molecule has 1 aromatic heterocycles. The van der Waals surface area contributed by atoms with Gasteiger partial charge >= 0.3 is 5.97 Å². The summed E-state index contributed by atoms with van der Waals surface area (Å²) in [6.07, 6.45) is 1.08. The summed E-state index contributed by atoms with van der Waals surface area (Å²) >= 11 is 0. The fourth-order valence-corrected chi connectivity index (χ4v) is 2.46. The van der Waals surface area contributed by atoms with Crippen LogP contribution in [0.25, 0.3) is 0 Å². The normalized spacial score (nSPS) is 18.2. The molecule has 2 N–H and O–H groups in total. The van der Waals surface area contributed by atoms with Crippen molar-refractivity contribution in [3.8, 4) is 5.75 Å². The molecule has 108 valence electrons. The Morgan fingerprint density at radius 3 is 2.70 bits per heavy atom. The Kier molecular flexibility index (Phi) is 3.78. The number of carbonyl (C=O) groups excluding carboxylic acids is 1. The van der Waals surface area contributed by atoms with Crippen LogP contribution in [-0.2, 0) is 16.1 Å². The average molecular weight is 280 g/mol. The third-order valence-electron chi connectivity index (χ3n) is 3.47. The van der Waals surface area contributed by atoms with E-state index in [0.29, 0.717) is 25.1 Å². The van der Waals surface area contributed by atoms with Gasteiger partial charge in [0.1, 0.15) is 18.3 Å². The summed E-state index contributed by atoms with van der Waals surface area (Å²) in [5.41, 5.74) is -0.0312. The predicted octanol–water partition coefficient (Wildman–Crippen LogP) is -0.0621. The van der Waals surface area contributed by atoms with E-state index in [4.69, 9.17) is 5.11 Å². The van der Waals surface area contributed by atoms with Gasteiger partial charge in [-0.1, -0.05) is 0 Å². The molecule has 0 spiro atoms. The van der Waals surface area contributed by atoms with Crippen molar-refractivity contribution in [1.82, 2.24) is 9.47 Å². The number of likely N-dealkylation sites (tertiary alicyclic amines) is 1. The molecule has 1 unspecified atom stereocenters. The fraction of sp³-hybridized carbons (Fsp3) is 0.462. The lowest BCUT2D eigenvalue weighted by Crippen LogP contribution is -2.43. The molecule has 1 aliphatic rings. The largest absolute Gasteiger partial charge is 0.508 e. The zero-order valence-corrected chi connectivity index (χ0v) is 11.1. The van der Waals surface area contributed by atoms with E-state index in [1.807, 2.05) is 0 Å². The fourth-order valence-electron chi connectivity index (χ4n) is 2.46. The van der Waals surface area contributed by atoms with Crippen molar-refractivity contribution in [2.24, 2.45) is 0 Å². The van der Waals surface area contributed by atoms with Gasteiger partial charge in [-0.25, -0.2) is 4.79 Å². The van der Waals surface area contributed by atoms with Crippen molar-refractivity contribution in [3.63, 3.8) is 0 Å². The molecule has 0 aromatic carbocycles. The first-order valence-corrected chi connectivity index (χ1v) is 6.33. The van der Waals surface area contributed by atoms with Gasteiger partial charge in [0.25, 0.3) is 5.56 Å². The number of carboxylic acid groups (broad SMARTS) is 1. The number of amides is 1. The number of carbonyl (C=O) groups is 2. The number of aromatic nitrogens is 1. The molecule has 1 aromatic rings. The minimum Gasteiger partial charge on any atom is -0.508 e. The molecule has 0 bridgehead atoms. The van der Waals surface area contributed by atoms with E-state index in [1.54, 1.807) is 6.92 Å². The number of nitrogens with zero attached hydrogens (tertiary/aromatic N) is 2. The van der Waals surface area contributed by atoms with Crippen LogP contribution >= 0.6 is 0 Å². The number of aliphatic carboxylic acids is 1. The lowest BCUT2D eigenvalue weighted by molar-refractivity contribution is -0.148. The summed E-state index contributed by atoms with van der Waals surface area (Å²) in [6, 6.07) is 1.60. The molecule has 1 atom stereocenters. The van der Waals surface area contributed by atoms with Crippen LogP contribution < -0.4 is 5.56 Å². The lowest BCUT2D eigenvalue weighted by Gasteiger charge is -2.22. The molecule has 7 nitrogen and oxygen atoms in total. The summed E-state index contributed by atoms with van der Waals surface area (Å²) in [7, 11) is 0. The van der Waals surface area contributed by atoms with E-state index in [0.717, 1.165) is 6.07 Å². The second-order valence-corrected chi connectivity index (χ2v) is 4.86. The van der Waals surface area contributed by atoms with E-state index in [2.05, 4.69) is 0 Å². The van der Waals surface area contributed by atoms with Crippen molar-refractivity contribution < 1.29 is 19.8 Å². The average Bonchev–Trinajstić information content (AvgIpc) is 2.82. The van der Waals surface area contributed by atoms with Gasteiger partial charge < -0.3 is 19.7 Å². The highest BCUT2D eigenvalue weighted by atomic mass is 16.4. The van der Waals surface area contributed by atoms with Gasteiger partial charge in [-0.2, -0.15) is 0 Å². The Bertz CT molecular complexity index is 607. The van der Waals surface area contributed by atoms with Gasteiger partial charge in [-0.15, -0.1) is 0 Å². The van der Waals surface area contributed by atoms with Crippen LogP contribution in [0.3, 0.4) is 0 Å². The summed E-state index contributed by atoms with van der Waals surface area (Å²) in [5.74, 6) is -1.57. The minimum atomic E-state index is -1.02. The molecular weight excluding hydrogens is 264 g/mol. The summed E-state index contributed by atoms with van der Waals surface area (Å²) < 4.78 is 1.22. The maximum atomic E-state index is 12.2. The number of hydrogen-bond donors (Lipinski definition) is 2. The lowest BCUT2D eigenvalue weighted by atomic mass is 10.2. The van der Waals surface area contributed by atoms with E-state index >= 15 is 0 Å². The van der Waals surface area contributed by atoms with Crippen molar-refractivity contribution in [2.75, 3.05) is 6.54 Å². The third-order valence-corrected chi connectivity index (χ3v) is 3.47. The molecule has 0 saturated carbocycles. The van der Waals surface area contributed by atoms with Crippen LogP contribution in [0.15, 0.2) is 16.9 Å². The highest BCUT2D eigenvalue weighted by molar-refractivity contribution is 5.84. The van der Waals surface area contributed by atoms with Crippen LogP contribution in [0.5, 0.6) is 5.75 Å². The molecule has 1 fully saturated rings. The van der Waals surface area contributed by atoms with E-state index in [-0.39, 0.29) is 12.3 Å². The van der Waals surface area contributed by atoms with Gasteiger partial charge in [-0.05, 0) is 25.8 Å². The topological polar surface area (TPSA) is 99.8 Å². The first-order chi connectivity index (χ1) is 9.40. The van der Waals surface area contributed by atoms with Crippen LogP contribution in [0.2, 0.25) is 0 Å². The molecule has 20 heavy (non-hydrogen) atoms. The van der Waals surface area contributed by atoms with Crippen LogP contribution in [0, 0.1) is 6.92 Å². The standard InChI is InChI=1S/C13H16N2O5/c1-8-5-9(16)6-11(17)15(8)7-12(18)14-4-2-3-10(14)13(19)20/h5-6,10,16H,2-4,7H2,1H3,(H,19,20). The van der Waals surface area contributed by atoms with Crippen molar-refractivity contribution in [1.29, 1.82) is 0 Å². The van der Waals surface area contributed by atoms with Crippen LogP contribution in [0.4, 0.5) is 0 Å². The first-order valence-electron chi connectivity index (χ1n) is 6.33. The summed E-state index contributed by atoms with van der Waals surface area (Å²) in [4.78, 5) is 36.2. The second kappa shape index (κ2) is 5.36.